The van der Waals surface area contributed by atoms with E-state index in [9.17, 15) is 4.79 Å². The minimum atomic E-state index is -0.436. The third kappa shape index (κ3) is 3.35. The maximum absolute atomic E-state index is 11.3. The van der Waals surface area contributed by atoms with E-state index >= 15 is 0 Å². The molecule has 1 heterocycles. The molecule has 0 aromatic carbocycles. The lowest BCUT2D eigenvalue weighted by Crippen LogP contribution is -2.42. The summed E-state index contributed by atoms with van der Waals surface area (Å²) in [5, 5.41) is 3.52. The van der Waals surface area contributed by atoms with Crippen molar-refractivity contribution in [2.24, 2.45) is 0 Å². The molecule has 102 valence electrons. The van der Waals surface area contributed by atoms with Gasteiger partial charge < -0.3 is 14.5 Å². The van der Waals surface area contributed by atoms with Crippen molar-refractivity contribution in [3.63, 3.8) is 0 Å². The maximum atomic E-state index is 11.3. The number of rotatable bonds is 7. The molecule has 0 amide bonds. The smallest absolute Gasteiger partial charge is 0.373 e. The second-order valence-corrected chi connectivity index (χ2v) is 4.45. The highest BCUT2D eigenvalue weighted by molar-refractivity contribution is 5.86. The van der Waals surface area contributed by atoms with Gasteiger partial charge in [-0.1, -0.05) is 20.8 Å². The molecular weight excluding hydrogens is 230 g/mol. The predicted molar refractivity (Wildman–Crippen MR) is 70.5 cm³/mol. The minimum absolute atomic E-state index is 0.151. The quantitative estimate of drug-likeness (QED) is 0.758. The summed E-state index contributed by atoms with van der Waals surface area (Å²) in [4.78, 5) is 11.3. The van der Waals surface area contributed by atoms with E-state index in [4.69, 9.17) is 4.42 Å². The Morgan fingerprint density at radius 3 is 2.39 bits per heavy atom. The standard InChI is InChI=1S/C14H23NO3/c1-5-14(6-2,7-3)15-10-11-8-9-12(18-11)13(16)17-4/h8-9,15H,5-7,10H2,1-4H3. The van der Waals surface area contributed by atoms with E-state index in [2.05, 4.69) is 30.8 Å². The normalized spacial score (nSPS) is 11.6. The Morgan fingerprint density at radius 1 is 1.28 bits per heavy atom. The fraction of sp³-hybridized carbons (Fsp3) is 0.643. The summed E-state index contributed by atoms with van der Waals surface area (Å²) in [6.45, 7) is 7.18. The first-order valence-electron chi connectivity index (χ1n) is 6.52. The molecular formula is C14H23NO3. The number of ether oxygens (including phenoxy) is 1. The van der Waals surface area contributed by atoms with Gasteiger partial charge in [-0.05, 0) is 31.4 Å². The highest BCUT2D eigenvalue weighted by Gasteiger charge is 2.23. The lowest BCUT2D eigenvalue weighted by atomic mass is 9.90. The molecule has 0 saturated heterocycles. The molecule has 1 aromatic heterocycles. The minimum Gasteiger partial charge on any atom is -0.463 e. The lowest BCUT2D eigenvalue weighted by molar-refractivity contribution is 0.0562. The van der Waals surface area contributed by atoms with Gasteiger partial charge in [0.15, 0.2) is 0 Å². The van der Waals surface area contributed by atoms with E-state index in [1.165, 1.54) is 7.11 Å². The number of carbonyl (C=O) groups is 1. The van der Waals surface area contributed by atoms with E-state index in [1.807, 2.05) is 6.07 Å². The summed E-state index contributed by atoms with van der Waals surface area (Å²) >= 11 is 0. The van der Waals surface area contributed by atoms with Gasteiger partial charge in [0.25, 0.3) is 0 Å². The molecule has 0 aliphatic rings. The largest absolute Gasteiger partial charge is 0.463 e. The van der Waals surface area contributed by atoms with Gasteiger partial charge in [-0.25, -0.2) is 4.79 Å². The second kappa shape index (κ2) is 6.59. The van der Waals surface area contributed by atoms with Gasteiger partial charge in [0.1, 0.15) is 5.76 Å². The lowest BCUT2D eigenvalue weighted by Gasteiger charge is -2.31. The van der Waals surface area contributed by atoms with Crippen molar-refractivity contribution < 1.29 is 13.9 Å². The van der Waals surface area contributed by atoms with Crippen molar-refractivity contribution in [3.8, 4) is 0 Å². The Kier molecular flexibility index (Phi) is 5.41. The molecule has 1 rings (SSSR count). The SMILES string of the molecule is CCC(CC)(CC)NCc1ccc(C(=O)OC)o1. The number of esters is 1. The van der Waals surface area contributed by atoms with Crippen molar-refractivity contribution in [2.45, 2.75) is 52.1 Å². The van der Waals surface area contributed by atoms with Crippen molar-refractivity contribution in [1.82, 2.24) is 5.32 Å². The van der Waals surface area contributed by atoms with Gasteiger partial charge in [-0.15, -0.1) is 0 Å². The van der Waals surface area contributed by atoms with E-state index in [0.717, 1.165) is 25.0 Å². The van der Waals surface area contributed by atoms with Crippen LogP contribution in [0, 0.1) is 0 Å². The molecule has 1 N–H and O–H groups in total. The van der Waals surface area contributed by atoms with Crippen LogP contribution in [0.2, 0.25) is 0 Å². The van der Waals surface area contributed by atoms with Gasteiger partial charge >= 0.3 is 5.97 Å². The van der Waals surface area contributed by atoms with Crippen LogP contribution in [-0.4, -0.2) is 18.6 Å². The third-order valence-electron chi connectivity index (χ3n) is 3.72. The van der Waals surface area contributed by atoms with Crippen LogP contribution in [0.3, 0.4) is 0 Å². The zero-order valence-corrected chi connectivity index (χ0v) is 11.7. The Morgan fingerprint density at radius 2 is 1.89 bits per heavy atom. The monoisotopic (exact) mass is 253 g/mol. The molecule has 0 bridgehead atoms. The van der Waals surface area contributed by atoms with Crippen LogP contribution in [0.15, 0.2) is 16.5 Å². The second-order valence-electron chi connectivity index (χ2n) is 4.45. The summed E-state index contributed by atoms with van der Waals surface area (Å²) in [6.07, 6.45) is 3.22. The Bertz CT molecular complexity index is 372. The van der Waals surface area contributed by atoms with Crippen LogP contribution in [0.1, 0.15) is 56.3 Å². The van der Waals surface area contributed by atoms with Crippen LogP contribution in [0.4, 0.5) is 0 Å². The van der Waals surface area contributed by atoms with Crippen molar-refractivity contribution in [3.05, 3.63) is 23.7 Å². The van der Waals surface area contributed by atoms with Gasteiger partial charge in [-0.3, -0.25) is 0 Å². The summed E-state index contributed by atoms with van der Waals surface area (Å²) in [5.74, 6) is 0.577. The zero-order chi connectivity index (χ0) is 13.6. The first kappa shape index (κ1) is 14.8. The van der Waals surface area contributed by atoms with Crippen molar-refractivity contribution in [1.29, 1.82) is 0 Å². The fourth-order valence-electron chi connectivity index (χ4n) is 2.08. The highest BCUT2D eigenvalue weighted by atomic mass is 16.5. The van der Waals surface area contributed by atoms with E-state index < -0.39 is 5.97 Å². The van der Waals surface area contributed by atoms with Gasteiger partial charge in [0, 0.05) is 5.54 Å². The van der Waals surface area contributed by atoms with Crippen LogP contribution in [0.25, 0.3) is 0 Å². The summed E-state index contributed by atoms with van der Waals surface area (Å²) in [5.41, 5.74) is 0.151. The van der Waals surface area contributed by atoms with Crippen LogP contribution in [-0.2, 0) is 11.3 Å². The molecule has 0 aliphatic heterocycles. The molecule has 0 aliphatic carbocycles. The molecule has 0 radical (unpaired) electrons. The fourth-order valence-corrected chi connectivity index (χ4v) is 2.08. The average molecular weight is 253 g/mol. The molecule has 4 nitrogen and oxygen atoms in total. The Labute approximate surface area is 109 Å². The molecule has 0 saturated carbocycles. The highest BCUT2D eigenvalue weighted by Crippen LogP contribution is 2.20. The van der Waals surface area contributed by atoms with Gasteiger partial charge in [0.2, 0.25) is 5.76 Å². The summed E-state index contributed by atoms with van der Waals surface area (Å²) < 4.78 is 10.0. The number of methoxy groups -OCH3 is 1. The number of nitrogens with one attached hydrogen (secondary N) is 1. The summed E-state index contributed by atoms with van der Waals surface area (Å²) in [7, 11) is 1.35. The number of carbonyl (C=O) groups excluding carboxylic acids is 1. The van der Waals surface area contributed by atoms with Gasteiger partial charge in [0.05, 0.1) is 13.7 Å². The average Bonchev–Trinajstić information content (AvgIpc) is 2.89. The first-order chi connectivity index (χ1) is 8.60. The van der Waals surface area contributed by atoms with E-state index in [-0.39, 0.29) is 11.3 Å². The van der Waals surface area contributed by atoms with E-state index in [0.29, 0.717) is 6.54 Å². The molecule has 4 heteroatoms. The third-order valence-corrected chi connectivity index (χ3v) is 3.72. The molecule has 0 atom stereocenters. The van der Waals surface area contributed by atoms with Crippen molar-refractivity contribution in [2.75, 3.05) is 7.11 Å². The topological polar surface area (TPSA) is 51.5 Å². The van der Waals surface area contributed by atoms with Gasteiger partial charge in [-0.2, -0.15) is 0 Å². The first-order valence-corrected chi connectivity index (χ1v) is 6.52. The maximum Gasteiger partial charge on any atom is 0.373 e. The molecule has 0 unspecified atom stereocenters. The van der Waals surface area contributed by atoms with Crippen LogP contribution >= 0.6 is 0 Å². The zero-order valence-electron chi connectivity index (χ0n) is 11.7. The summed E-state index contributed by atoms with van der Waals surface area (Å²) in [6, 6.07) is 3.46. The molecule has 0 spiro atoms. The predicted octanol–water partition coefficient (Wildman–Crippen LogP) is 3.12. The van der Waals surface area contributed by atoms with Crippen LogP contribution < -0.4 is 5.32 Å². The van der Waals surface area contributed by atoms with E-state index in [1.54, 1.807) is 6.07 Å². The molecule has 1 aromatic rings. The number of furan rings is 1. The van der Waals surface area contributed by atoms with Crippen LogP contribution in [0.5, 0.6) is 0 Å². The Balaban J connectivity index is 2.63. The molecule has 18 heavy (non-hydrogen) atoms. The van der Waals surface area contributed by atoms with Crippen molar-refractivity contribution >= 4 is 5.97 Å². The number of hydrogen-bond donors (Lipinski definition) is 1. The Hall–Kier alpha value is -1.29. The number of hydrogen-bond acceptors (Lipinski definition) is 4. The molecule has 0 fully saturated rings.